The number of fused-ring (bicyclic) bond motifs is 3. The molecule has 4 nitrogen and oxygen atoms in total. The lowest BCUT2D eigenvalue weighted by Gasteiger charge is -2.36. The van der Waals surface area contributed by atoms with Gasteiger partial charge in [-0.2, -0.15) is 0 Å². The minimum absolute atomic E-state index is 0.331. The Morgan fingerprint density at radius 3 is 2.61 bits per heavy atom. The first-order valence-corrected chi connectivity index (χ1v) is 10.2. The van der Waals surface area contributed by atoms with Crippen LogP contribution in [0.1, 0.15) is 28.4 Å². The third-order valence-electron chi connectivity index (χ3n) is 5.90. The van der Waals surface area contributed by atoms with E-state index in [4.69, 9.17) is 0 Å². The van der Waals surface area contributed by atoms with Crippen LogP contribution in [0.3, 0.4) is 0 Å². The maximum atomic E-state index is 14.0. The molecule has 0 bridgehead atoms. The lowest BCUT2D eigenvalue weighted by molar-refractivity contribution is 0.193. The highest BCUT2D eigenvalue weighted by atomic mass is 19.1. The number of benzene rings is 3. The van der Waals surface area contributed by atoms with Crippen LogP contribution < -0.4 is 5.32 Å². The third kappa shape index (κ3) is 3.44. The number of aromatic amines is 1. The van der Waals surface area contributed by atoms with Gasteiger partial charge in [0.25, 0.3) is 0 Å². The number of nitrogens with zero attached hydrogens (tertiary/aromatic N) is 1. The van der Waals surface area contributed by atoms with Gasteiger partial charge in [-0.3, -0.25) is 0 Å². The van der Waals surface area contributed by atoms with Crippen molar-refractivity contribution in [2.45, 2.75) is 19.4 Å². The van der Waals surface area contributed by atoms with Crippen molar-refractivity contribution in [3.8, 4) is 0 Å². The molecule has 1 aromatic heterocycles. The number of amides is 2. The Kier molecular flexibility index (Phi) is 4.70. The lowest BCUT2D eigenvalue weighted by atomic mass is 9.92. The molecule has 4 aromatic rings. The molecule has 1 aliphatic rings. The van der Waals surface area contributed by atoms with E-state index in [1.807, 2.05) is 18.2 Å². The summed E-state index contributed by atoms with van der Waals surface area (Å²) in [5.74, 6) is -0.702. The number of H-pyrrole nitrogens is 1. The van der Waals surface area contributed by atoms with E-state index >= 15 is 0 Å². The number of aromatic nitrogens is 1. The van der Waals surface area contributed by atoms with Crippen LogP contribution in [0.2, 0.25) is 0 Å². The molecular formula is C25H21F2N3O. The number of urea groups is 1. The van der Waals surface area contributed by atoms with E-state index < -0.39 is 6.04 Å². The smallest absolute Gasteiger partial charge is 0.322 e. The molecule has 0 saturated carbocycles. The van der Waals surface area contributed by atoms with Crippen molar-refractivity contribution in [3.63, 3.8) is 0 Å². The third-order valence-corrected chi connectivity index (χ3v) is 5.90. The number of rotatable bonds is 2. The molecule has 0 spiro atoms. The molecule has 6 heteroatoms. The number of hydrogen-bond donors (Lipinski definition) is 2. The van der Waals surface area contributed by atoms with Gasteiger partial charge in [0.15, 0.2) is 0 Å². The number of nitrogens with one attached hydrogen (secondary N) is 2. The average molecular weight is 417 g/mol. The van der Waals surface area contributed by atoms with Crippen molar-refractivity contribution in [1.29, 1.82) is 0 Å². The summed E-state index contributed by atoms with van der Waals surface area (Å²) >= 11 is 0. The second-order valence-electron chi connectivity index (χ2n) is 7.85. The highest BCUT2D eigenvalue weighted by Crippen LogP contribution is 2.38. The zero-order valence-corrected chi connectivity index (χ0v) is 17.0. The van der Waals surface area contributed by atoms with Gasteiger partial charge in [0.05, 0.1) is 6.04 Å². The fourth-order valence-corrected chi connectivity index (χ4v) is 4.32. The van der Waals surface area contributed by atoms with E-state index in [0.29, 0.717) is 24.2 Å². The Morgan fingerprint density at radius 1 is 1.06 bits per heavy atom. The summed E-state index contributed by atoms with van der Waals surface area (Å²) in [6, 6.07) is 18.1. The van der Waals surface area contributed by atoms with Gasteiger partial charge in [-0.05, 0) is 60.4 Å². The van der Waals surface area contributed by atoms with Crippen LogP contribution in [0.4, 0.5) is 19.3 Å². The Balaban J connectivity index is 1.56. The SMILES string of the molecule is Cc1ccc(NC(=O)N2CCc3c([nH]c4ccccc34)[C@@H]2c2ccc(F)cc2)cc1F. The van der Waals surface area contributed by atoms with E-state index in [9.17, 15) is 13.6 Å². The largest absolute Gasteiger partial charge is 0.356 e. The van der Waals surface area contributed by atoms with Gasteiger partial charge in [0, 0.05) is 28.8 Å². The zero-order chi connectivity index (χ0) is 21.5. The molecule has 0 radical (unpaired) electrons. The second-order valence-corrected chi connectivity index (χ2v) is 7.85. The van der Waals surface area contributed by atoms with Crippen molar-refractivity contribution in [2.24, 2.45) is 0 Å². The van der Waals surface area contributed by atoms with Gasteiger partial charge < -0.3 is 15.2 Å². The predicted octanol–water partition coefficient (Wildman–Crippen LogP) is 5.93. The Hall–Kier alpha value is -3.67. The molecule has 2 heterocycles. The molecule has 156 valence electrons. The first-order valence-electron chi connectivity index (χ1n) is 10.2. The number of anilines is 1. The molecule has 2 N–H and O–H groups in total. The van der Waals surface area contributed by atoms with Crippen LogP contribution in [-0.2, 0) is 6.42 Å². The Labute approximate surface area is 178 Å². The van der Waals surface area contributed by atoms with Crippen LogP contribution in [0.15, 0.2) is 66.7 Å². The summed E-state index contributed by atoms with van der Waals surface area (Å²) in [7, 11) is 0. The molecule has 0 saturated heterocycles. The molecule has 2 amide bonds. The maximum Gasteiger partial charge on any atom is 0.322 e. The van der Waals surface area contributed by atoms with Crippen LogP contribution in [0.25, 0.3) is 10.9 Å². The predicted molar refractivity (Wildman–Crippen MR) is 117 cm³/mol. The van der Waals surface area contributed by atoms with Gasteiger partial charge in [-0.15, -0.1) is 0 Å². The van der Waals surface area contributed by atoms with Gasteiger partial charge in [0.1, 0.15) is 11.6 Å². The molecule has 3 aromatic carbocycles. The first kappa shape index (κ1) is 19.3. The van der Waals surface area contributed by atoms with Gasteiger partial charge in [-0.25, -0.2) is 13.6 Å². The summed E-state index contributed by atoms with van der Waals surface area (Å²) in [6.45, 7) is 2.16. The van der Waals surface area contributed by atoms with Crippen LogP contribution in [0.5, 0.6) is 0 Å². The van der Waals surface area contributed by atoms with E-state index in [2.05, 4.69) is 16.4 Å². The molecule has 0 fully saturated rings. The minimum atomic E-state index is -0.410. The van der Waals surface area contributed by atoms with Gasteiger partial charge in [0.2, 0.25) is 0 Å². The summed E-state index contributed by atoms with van der Waals surface area (Å²) < 4.78 is 27.6. The number of para-hydroxylation sites is 1. The summed E-state index contributed by atoms with van der Waals surface area (Å²) in [5, 5.41) is 3.94. The van der Waals surface area contributed by atoms with E-state index in [-0.39, 0.29) is 17.7 Å². The van der Waals surface area contributed by atoms with E-state index in [1.54, 1.807) is 36.1 Å². The summed E-state index contributed by atoms with van der Waals surface area (Å²) in [4.78, 5) is 18.4. The fourth-order valence-electron chi connectivity index (χ4n) is 4.32. The zero-order valence-electron chi connectivity index (χ0n) is 17.0. The van der Waals surface area contributed by atoms with Crippen molar-refractivity contribution >= 4 is 22.6 Å². The number of halogens is 2. The highest BCUT2D eigenvalue weighted by molar-refractivity contribution is 5.91. The van der Waals surface area contributed by atoms with Gasteiger partial charge in [-0.1, -0.05) is 36.4 Å². The standard InChI is InChI=1S/C25H21F2N3O/c1-15-6-11-18(14-21(15)27)28-25(31)30-13-12-20-19-4-2-3-5-22(19)29-23(20)24(30)16-7-9-17(26)10-8-16/h2-11,14,24,29H,12-13H2,1H3,(H,28,31)/t24-/m0/s1. The quantitative estimate of drug-likeness (QED) is 0.417. The normalized spacial score (nSPS) is 15.7. The molecule has 5 rings (SSSR count). The number of carbonyl (C=O) groups is 1. The lowest BCUT2D eigenvalue weighted by Crippen LogP contribution is -2.43. The van der Waals surface area contributed by atoms with E-state index in [0.717, 1.165) is 27.7 Å². The van der Waals surface area contributed by atoms with Gasteiger partial charge >= 0.3 is 6.03 Å². The van der Waals surface area contributed by atoms with Crippen molar-refractivity contribution < 1.29 is 13.6 Å². The first-order chi connectivity index (χ1) is 15.0. The van der Waals surface area contributed by atoms with Crippen molar-refractivity contribution in [1.82, 2.24) is 9.88 Å². The molecule has 0 aliphatic carbocycles. The molecular weight excluding hydrogens is 396 g/mol. The minimum Gasteiger partial charge on any atom is -0.356 e. The second kappa shape index (κ2) is 7.54. The monoisotopic (exact) mass is 417 g/mol. The van der Waals surface area contributed by atoms with Crippen LogP contribution in [-0.4, -0.2) is 22.5 Å². The average Bonchev–Trinajstić information content (AvgIpc) is 3.15. The number of hydrogen-bond acceptors (Lipinski definition) is 1. The summed E-state index contributed by atoms with van der Waals surface area (Å²) in [5.41, 5.74) is 4.80. The Bertz CT molecular complexity index is 1280. The van der Waals surface area contributed by atoms with Crippen LogP contribution in [0, 0.1) is 18.6 Å². The van der Waals surface area contributed by atoms with Crippen molar-refractivity contribution in [2.75, 3.05) is 11.9 Å². The number of aryl methyl sites for hydroxylation is 1. The van der Waals surface area contributed by atoms with Crippen LogP contribution >= 0.6 is 0 Å². The highest BCUT2D eigenvalue weighted by Gasteiger charge is 2.34. The maximum absolute atomic E-state index is 14.0. The topological polar surface area (TPSA) is 48.1 Å². The molecule has 0 unspecified atom stereocenters. The molecule has 1 aliphatic heterocycles. The molecule has 1 atom stereocenters. The molecule has 31 heavy (non-hydrogen) atoms. The number of carbonyl (C=O) groups excluding carboxylic acids is 1. The fraction of sp³-hybridized carbons (Fsp3) is 0.160. The van der Waals surface area contributed by atoms with Crippen molar-refractivity contribution in [3.05, 3.63) is 101 Å². The van der Waals surface area contributed by atoms with E-state index in [1.165, 1.54) is 18.2 Å². The Morgan fingerprint density at radius 2 is 1.84 bits per heavy atom. The summed E-state index contributed by atoms with van der Waals surface area (Å²) in [6.07, 6.45) is 0.687.